The van der Waals surface area contributed by atoms with E-state index < -0.39 is 28.9 Å². The van der Waals surface area contributed by atoms with Gasteiger partial charge in [0.1, 0.15) is 16.8 Å². The van der Waals surface area contributed by atoms with Crippen LogP contribution in [0.3, 0.4) is 0 Å². The van der Waals surface area contributed by atoms with Gasteiger partial charge in [-0.25, -0.2) is 4.79 Å². The van der Waals surface area contributed by atoms with E-state index in [0.717, 1.165) is 0 Å². The first-order valence-electron chi connectivity index (χ1n) is 8.79. The SMILES string of the molecule is CCC1(C(=O)Nc2c(C(N)=O)oc3ccccc23)N(C(=O)O)CCC1(C)C. The van der Waals surface area contributed by atoms with Gasteiger partial charge in [0.2, 0.25) is 5.76 Å². The standard InChI is InChI=1S/C19H23N3O5/c1-4-19(18(2,3)9-10-22(19)17(25)26)16(24)21-13-11-7-5-6-8-12(11)27-14(13)15(20)23/h5-8H,4,9-10H2,1-3H3,(H2,20,23)(H,21,24)(H,25,26). The second-order valence-electron chi connectivity index (χ2n) is 7.40. The van der Waals surface area contributed by atoms with Crippen molar-refractivity contribution in [1.82, 2.24) is 4.90 Å². The number of fused-ring (bicyclic) bond motifs is 1. The minimum Gasteiger partial charge on any atom is -0.465 e. The summed E-state index contributed by atoms with van der Waals surface area (Å²) in [6.45, 7) is 5.80. The van der Waals surface area contributed by atoms with E-state index in [2.05, 4.69) is 5.32 Å². The van der Waals surface area contributed by atoms with Gasteiger partial charge in [-0.1, -0.05) is 32.9 Å². The molecule has 2 heterocycles. The Morgan fingerprint density at radius 1 is 1.30 bits per heavy atom. The molecule has 4 N–H and O–H groups in total. The van der Waals surface area contributed by atoms with Crippen LogP contribution >= 0.6 is 0 Å². The Labute approximate surface area is 156 Å². The van der Waals surface area contributed by atoms with E-state index >= 15 is 0 Å². The summed E-state index contributed by atoms with van der Waals surface area (Å²) < 4.78 is 5.50. The molecule has 1 aliphatic heterocycles. The third-order valence-corrected chi connectivity index (χ3v) is 5.72. The Bertz CT molecular complexity index is 933. The van der Waals surface area contributed by atoms with E-state index in [1.54, 1.807) is 31.2 Å². The van der Waals surface area contributed by atoms with Crippen LogP contribution < -0.4 is 11.1 Å². The number of carbonyl (C=O) groups is 3. The van der Waals surface area contributed by atoms with Gasteiger partial charge >= 0.3 is 6.09 Å². The number of rotatable bonds is 4. The van der Waals surface area contributed by atoms with Gasteiger partial charge in [-0.15, -0.1) is 0 Å². The lowest BCUT2D eigenvalue weighted by Gasteiger charge is -2.43. The number of carbonyl (C=O) groups excluding carboxylic acids is 2. The van der Waals surface area contributed by atoms with Gasteiger partial charge in [-0.05, 0) is 30.4 Å². The molecule has 27 heavy (non-hydrogen) atoms. The highest BCUT2D eigenvalue weighted by molar-refractivity contribution is 6.12. The van der Waals surface area contributed by atoms with E-state index in [4.69, 9.17) is 10.2 Å². The molecule has 0 bridgehead atoms. The summed E-state index contributed by atoms with van der Waals surface area (Å²) in [5.74, 6) is -1.47. The number of primary amides is 1. The van der Waals surface area contributed by atoms with Crippen LogP contribution in [0, 0.1) is 5.41 Å². The molecule has 144 valence electrons. The van der Waals surface area contributed by atoms with Crippen molar-refractivity contribution in [3.05, 3.63) is 30.0 Å². The highest BCUT2D eigenvalue weighted by Crippen LogP contribution is 2.48. The third-order valence-electron chi connectivity index (χ3n) is 5.72. The molecule has 8 heteroatoms. The van der Waals surface area contributed by atoms with Gasteiger partial charge in [0.25, 0.3) is 11.8 Å². The van der Waals surface area contributed by atoms with E-state index in [1.807, 2.05) is 13.8 Å². The quantitative estimate of drug-likeness (QED) is 0.759. The molecule has 1 aliphatic rings. The van der Waals surface area contributed by atoms with Crippen molar-refractivity contribution in [3.8, 4) is 0 Å². The fourth-order valence-electron chi connectivity index (χ4n) is 4.23. The Balaban J connectivity index is 2.11. The van der Waals surface area contributed by atoms with Gasteiger partial charge in [-0.2, -0.15) is 0 Å². The lowest BCUT2D eigenvalue weighted by molar-refractivity contribution is -0.130. The summed E-state index contributed by atoms with van der Waals surface area (Å²) in [5.41, 5.74) is 4.14. The van der Waals surface area contributed by atoms with E-state index in [1.165, 1.54) is 4.90 Å². The normalized spacial score (nSPS) is 21.4. The van der Waals surface area contributed by atoms with Gasteiger partial charge in [0.05, 0.1) is 0 Å². The molecule has 1 unspecified atom stereocenters. The number of carboxylic acid groups (broad SMARTS) is 1. The van der Waals surface area contributed by atoms with E-state index in [0.29, 0.717) is 23.8 Å². The predicted molar refractivity (Wildman–Crippen MR) is 99.5 cm³/mol. The van der Waals surface area contributed by atoms with E-state index in [-0.39, 0.29) is 18.0 Å². The number of nitrogens with one attached hydrogen (secondary N) is 1. The Morgan fingerprint density at radius 2 is 1.96 bits per heavy atom. The fourth-order valence-corrected chi connectivity index (χ4v) is 4.23. The molecule has 2 aromatic rings. The molecule has 1 atom stereocenters. The topological polar surface area (TPSA) is 126 Å². The Morgan fingerprint density at radius 3 is 2.56 bits per heavy atom. The summed E-state index contributed by atoms with van der Waals surface area (Å²) >= 11 is 0. The second-order valence-corrected chi connectivity index (χ2v) is 7.40. The van der Waals surface area contributed by atoms with Crippen molar-refractivity contribution in [3.63, 3.8) is 0 Å². The summed E-state index contributed by atoms with van der Waals surface area (Å²) in [6, 6.07) is 6.85. The number of likely N-dealkylation sites (tertiary alicyclic amines) is 1. The molecule has 1 aromatic carbocycles. The zero-order valence-electron chi connectivity index (χ0n) is 15.5. The zero-order valence-corrected chi connectivity index (χ0v) is 15.5. The summed E-state index contributed by atoms with van der Waals surface area (Å²) in [6.07, 6.45) is -0.306. The van der Waals surface area contributed by atoms with Crippen LogP contribution in [0.4, 0.5) is 10.5 Å². The van der Waals surface area contributed by atoms with Crippen molar-refractivity contribution in [2.24, 2.45) is 11.1 Å². The molecular formula is C19H23N3O5. The molecule has 3 rings (SSSR count). The first-order valence-corrected chi connectivity index (χ1v) is 8.79. The molecule has 1 fully saturated rings. The molecule has 0 spiro atoms. The number of hydrogen-bond donors (Lipinski definition) is 3. The Hall–Kier alpha value is -3.03. The van der Waals surface area contributed by atoms with Crippen molar-refractivity contribution in [1.29, 1.82) is 0 Å². The average molecular weight is 373 g/mol. The van der Waals surface area contributed by atoms with Crippen molar-refractivity contribution < 1.29 is 23.9 Å². The monoisotopic (exact) mass is 373 g/mol. The molecular weight excluding hydrogens is 350 g/mol. The highest BCUT2D eigenvalue weighted by atomic mass is 16.4. The number of anilines is 1. The average Bonchev–Trinajstić information content (AvgIpc) is 3.10. The first kappa shape index (κ1) is 18.8. The van der Waals surface area contributed by atoms with Crippen LogP contribution in [0.5, 0.6) is 0 Å². The van der Waals surface area contributed by atoms with Crippen LogP contribution in [0.25, 0.3) is 11.0 Å². The minimum absolute atomic E-state index is 0.159. The fraction of sp³-hybridized carbons (Fsp3) is 0.421. The molecule has 1 saturated heterocycles. The van der Waals surface area contributed by atoms with Crippen LogP contribution in [0.2, 0.25) is 0 Å². The minimum atomic E-state index is -1.27. The lowest BCUT2D eigenvalue weighted by Crippen LogP contribution is -2.61. The number of amides is 3. The number of hydrogen-bond acceptors (Lipinski definition) is 4. The number of para-hydroxylation sites is 1. The van der Waals surface area contributed by atoms with Crippen molar-refractivity contribution >= 4 is 34.6 Å². The molecule has 0 aliphatic carbocycles. The van der Waals surface area contributed by atoms with Gasteiger partial charge in [0.15, 0.2) is 0 Å². The zero-order chi connectivity index (χ0) is 20.0. The Kier molecular flexibility index (Phi) is 4.37. The summed E-state index contributed by atoms with van der Waals surface area (Å²) in [4.78, 5) is 38.2. The molecule has 1 aromatic heterocycles. The summed E-state index contributed by atoms with van der Waals surface area (Å²) in [7, 11) is 0. The molecule has 0 radical (unpaired) electrons. The maximum absolute atomic E-state index is 13.4. The van der Waals surface area contributed by atoms with Crippen LogP contribution in [-0.4, -0.2) is 40.0 Å². The van der Waals surface area contributed by atoms with Gasteiger partial charge in [-0.3, -0.25) is 14.5 Å². The molecule has 8 nitrogen and oxygen atoms in total. The number of nitrogens with zero attached hydrogens (tertiary/aromatic N) is 1. The smallest absolute Gasteiger partial charge is 0.408 e. The maximum atomic E-state index is 13.4. The highest BCUT2D eigenvalue weighted by Gasteiger charge is 2.60. The van der Waals surface area contributed by atoms with Crippen LogP contribution in [0.15, 0.2) is 28.7 Å². The van der Waals surface area contributed by atoms with Crippen LogP contribution in [0.1, 0.15) is 44.2 Å². The number of nitrogens with two attached hydrogens (primary N) is 1. The maximum Gasteiger partial charge on any atom is 0.408 e. The second kappa shape index (κ2) is 6.29. The third kappa shape index (κ3) is 2.63. The largest absolute Gasteiger partial charge is 0.465 e. The number of benzene rings is 1. The first-order chi connectivity index (χ1) is 12.7. The molecule has 0 saturated carbocycles. The van der Waals surface area contributed by atoms with E-state index in [9.17, 15) is 19.5 Å². The number of furan rings is 1. The van der Waals surface area contributed by atoms with Crippen molar-refractivity contribution in [2.75, 3.05) is 11.9 Å². The van der Waals surface area contributed by atoms with Gasteiger partial charge in [0, 0.05) is 11.9 Å². The predicted octanol–water partition coefficient (Wildman–Crippen LogP) is 3.03. The van der Waals surface area contributed by atoms with Crippen LogP contribution in [-0.2, 0) is 4.79 Å². The summed E-state index contributed by atoms with van der Waals surface area (Å²) in [5, 5.41) is 12.9. The van der Waals surface area contributed by atoms with Gasteiger partial charge < -0.3 is 20.6 Å². The lowest BCUT2D eigenvalue weighted by atomic mass is 9.70. The molecule has 3 amide bonds. The van der Waals surface area contributed by atoms with Crippen molar-refractivity contribution in [2.45, 2.75) is 39.2 Å².